The SMILES string of the molecule is CC(=O)N1CCN(C(=O)CN(C)Cc2nccn2C(F)F)CC1. The number of carbonyl (C=O) groups is 2. The molecule has 0 unspecified atom stereocenters. The summed E-state index contributed by atoms with van der Waals surface area (Å²) >= 11 is 0. The van der Waals surface area contributed by atoms with E-state index in [0.29, 0.717) is 26.2 Å². The molecule has 1 aromatic rings. The molecule has 1 saturated heterocycles. The van der Waals surface area contributed by atoms with Gasteiger partial charge in [0.05, 0.1) is 13.1 Å². The van der Waals surface area contributed by atoms with Crippen molar-refractivity contribution < 1.29 is 18.4 Å². The minimum absolute atomic E-state index is 0.00746. The Hall–Kier alpha value is -2.03. The summed E-state index contributed by atoms with van der Waals surface area (Å²) in [6, 6.07) is 0. The summed E-state index contributed by atoms with van der Waals surface area (Å²) in [6.45, 7) is 1.20. The molecule has 0 radical (unpaired) electrons. The van der Waals surface area contributed by atoms with Crippen molar-refractivity contribution in [2.75, 3.05) is 39.8 Å². The van der Waals surface area contributed by atoms with Gasteiger partial charge in [0.15, 0.2) is 0 Å². The normalized spacial score (nSPS) is 15.6. The maximum Gasteiger partial charge on any atom is 0.319 e. The first-order valence-corrected chi connectivity index (χ1v) is 7.40. The molecule has 1 fully saturated rings. The van der Waals surface area contributed by atoms with E-state index in [1.165, 1.54) is 19.3 Å². The summed E-state index contributed by atoms with van der Waals surface area (Å²) in [5.41, 5.74) is 0. The molecule has 0 N–H and O–H groups in total. The van der Waals surface area contributed by atoms with Gasteiger partial charge in [0.1, 0.15) is 5.82 Å². The van der Waals surface area contributed by atoms with Crippen molar-refractivity contribution in [3.8, 4) is 0 Å². The van der Waals surface area contributed by atoms with Gasteiger partial charge >= 0.3 is 6.55 Å². The number of likely N-dealkylation sites (N-methyl/N-ethyl adjacent to an activating group) is 1. The van der Waals surface area contributed by atoms with Crippen LogP contribution in [0.5, 0.6) is 0 Å². The quantitative estimate of drug-likeness (QED) is 0.785. The summed E-state index contributed by atoms with van der Waals surface area (Å²) in [4.78, 5) is 32.4. The molecule has 0 spiro atoms. The Morgan fingerprint density at radius 1 is 1.26 bits per heavy atom. The zero-order chi connectivity index (χ0) is 17.0. The monoisotopic (exact) mass is 329 g/mol. The lowest BCUT2D eigenvalue weighted by Gasteiger charge is -2.35. The average molecular weight is 329 g/mol. The van der Waals surface area contributed by atoms with Crippen LogP contribution in [0.15, 0.2) is 12.4 Å². The van der Waals surface area contributed by atoms with E-state index in [-0.39, 0.29) is 30.7 Å². The number of piperazine rings is 1. The Labute approximate surface area is 133 Å². The van der Waals surface area contributed by atoms with Crippen LogP contribution in [0.25, 0.3) is 0 Å². The molecule has 1 aromatic heterocycles. The van der Waals surface area contributed by atoms with Gasteiger partial charge < -0.3 is 9.80 Å². The average Bonchev–Trinajstić information content (AvgIpc) is 2.95. The number of hydrogen-bond acceptors (Lipinski definition) is 4. The van der Waals surface area contributed by atoms with E-state index in [1.807, 2.05) is 0 Å². The molecule has 128 valence electrons. The second kappa shape index (κ2) is 7.49. The Bertz CT molecular complexity index is 555. The van der Waals surface area contributed by atoms with Gasteiger partial charge in [-0.1, -0.05) is 0 Å². The summed E-state index contributed by atoms with van der Waals surface area (Å²) in [6.07, 6.45) is 2.54. The minimum Gasteiger partial charge on any atom is -0.339 e. The van der Waals surface area contributed by atoms with Crippen molar-refractivity contribution in [2.45, 2.75) is 20.0 Å². The molecule has 0 saturated carbocycles. The Morgan fingerprint density at radius 3 is 2.43 bits per heavy atom. The lowest BCUT2D eigenvalue weighted by Crippen LogP contribution is -2.51. The molecule has 0 aliphatic carbocycles. The molecule has 0 bridgehead atoms. The second-order valence-electron chi connectivity index (χ2n) is 5.59. The topological polar surface area (TPSA) is 61.7 Å². The third-order valence-electron chi connectivity index (χ3n) is 3.85. The van der Waals surface area contributed by atoms with Gasteiger partial charge in [0.25, 0.3) is 0 Å². The molecule has 9 heteroatoms. The van der Waals surface area contributed by atoms with Crippen LogP contribution in [0, 0.1) is 0 Å². The van der Waals surface area contributed by atoms with Crippen LogP contribution in [0.4, 0.5) is 8.78 Å². The number of imidazole rings is 1. The fraction of sp³-hybridized carbons (Fsp3) is 0.643. The molecule has 2 rings (SSSR count). The van der Waals surface area contributed by atoms with Crippen LogP contribution in [0.1, 0.15) is 19.3 Å². The third-order valence-corrected chi connectivity index (χ3v) is 3.85. The van der Waals surface area contributed by atoms with Gasteiger partial charge in [-0.15, -0.1) is 0 Å². The minimum atomic E-state index is -2.64. The Morgan fingerprint density at radius 2 is 1.87 bits per heavy atom. The molecule has 0 aromatic carbocycles. The zero-order valence-corrected chi connectivity index (χ0v) is 13.3. The first-order chi connectivity index (χ1) is 10.9. The lowest BCUT2D eigenvalue weighted by molar-refractivity contribution is -0.139. The fourth-order valence-electron chi connectivity index (χ4n) is 2.54. The van der Waals surface area contributed by atoms with Gasteiger partial charge in [-0.25, -0.2) is 4.98 Å². The number of amides is 2. The van der Waals surface area contributed by atoms with Gasteiger partial charge in [-0.2, -0.15) is 8.78 Å². The van der Waals surface area contributed by atoms with Gasteiger partial charge in [-0.3, -0.25) is 19.1 Å². The number of alkyl halides is 2. The molecule has 23 heavy (non-hydrogen) atoms. The number of carbonyl (C=O) groups excluding carboxylic acids is 2. The van der Waals surface area contributed by atoms with Crippen LogP contribution in [-0.2, 0) is 16.1 Å². The highest BCUT2D eigenvalue weighted by Gasteiger charge is 2.23. The molecule has 0 atom stereocenters. The predicted octanol–water partition coefficient (Wildman–Crippen LogP) is 0.401. The third kappa shape index (κ3) is 4.47. The second-order valence-corrected chi connectivity index (χ2v) is 5.59. The van der Waals surface area contributed by atoms with Crippen LogP contribution in [0.3, 0.4) is 0 Å². The maximum absolute atomic E-state index is 12.8. The largest absolute Gasteiger partial charge is 0.339 e. The van der Waals surface area contributed by atoms with Crippen molar-refractivity contribution in [3.05, 3.63) is 18.2 Å². The van der Waals surface area contributed by atoms with E-state index in [0.717, 1.165) is 4.57 Å². The molecule has 1 aliphatic heterocycles. The molecule has 2 heterocycles. The van der Waals surface area contributed by atoms with Crippen molar-refractivity contribution in [1.29, 1.82) is 0 Å². The van der Waals surface area contributed by atoms with Crippen molar-refractivity contribution in [2.24, 2.45) is 0 Å². The highest BCUT2D eigenvalue weighted by Crippen LogP contribution is 2.13. The summed E-state index contributed by atoms with van der Waals surface area (Å²) in [7, 11) is 1.69. The first kappa shape index (κ1) is 17.3. The van der Waals surface area contributed by atoms with E-state index >= 15 is 0 Å². The van der Waals surface area contributed by atoms with E-state index in [2.05, 4.69) is 4.98 Å². The van der Waals surface area contributed by atoms with Crippen LogP contribution in [0.2, 0.25) is 0 Å². The smallest absolute Gasteiger partial charge is 0.319 e. The summed E-state index contributed by atoms with van der Waals surface area (Å²) in [5, 5.41) is 0. The number of aromatic nitrogens is 2. The van der Waals surface area contributed by atoms with Crippen LogP contribution >= 0.6 is 0 Å². The summed E-state index contributed by atoms with van der Waals surface area (Å²) < 4.78 is 26.3. The molecular weight excluding hydrogens is 308 g/mol. The van der Waals surface area contributed by atoms with Crippen molar-refractivity contribution in [1.82, 2.24) is 24.3 Å². The molecular formula is C14H21F2N5O2. The fourth-order valence-corrected chi connectivity index (χ4v) is 2.54. The Kier molecular flexibility index (Phi) is 5.64. The molecule has 7 nitrogen and oxygen atoms in total. The first-order valence-electron chi connectivity index (χ1n) is 7.40. The van der Waals surface area contributed by atoms with Crippen molar-refractivity contribution >= 4 is 11.8 Å². The van der Waals surface area contributed by atoms with Gasteiger partial charge in [0, 0.05) is 45.5 Å². The van der Waals surface area contributed by atoms with Gasteiger partial charge in [0.2, 0.25) is 11.8 Å². The highest BCUT2D eigenvalue weighted by molar-refractivity contribution is 5.79. The zero-order valence-electron chi connectivity index (χ0n) is 13.3. The predicted molar refractivity (Wildman–Crippen MR) is 78.6 cm³/mol. The van der Waals surface area contributed by atoms with Crippen LogP contribution < -0.4 is 0 Å². The summed E-state index contributed by atoms with van der Waals surface area (Å²) in [5.74, 6) is 0.149. The number of rotatable bonds is 5. The number of nitrogens with zero attached hydrogens (tertiary/aromatic N) is 5. The van der Waals surface area contributed by atoms with Crippen LogP contribution in [-0.4, -0.2) is 75.8 Å². The Balaban J connectivity index is 1.83. The van der Waals surface area contributed by atoms with E-state index in [4.69, 9.17) is 0 Å². The van der Waals surface area contributed by atoms with Crippen molar-refractivity contribution in [3.63, 3.8) is 0 Å². The van der Waals surface area contributed by atoms with E-state index < -0.39 is 6.55 Å². The maximum atomic E-state index is 12.8. The van der Waals surface area contributed by atoms with E-state index in [1.54, 1.807) is 21.7 Å². The standard InChI is InChI=1S/C14H21F2N5O2/c1-11(22)19-5-7-20(8-6-19)13(23)10-18(2)9-12-17-3-4-21(12)14(15)16/h3-4,14H,5-10H2,1-2H3. The lowest BCUT2D eigenvalue weighted by atomic mass is 10.3. The highest BCUT2D eigenvalue weighted by atomic mass is 19.3. The van der Waals surface area contributed by atoms with E-state index in [9.17, 15) is 18.4 Å². The number of hydrogen-bond donors (Lipinski definition) is 0. The molecule has 1 aliphatic rings. The van der Waals surface area contributed by atoms with Gasteiger partial charge in [-0.05, 0) is 7.05 Å². The number of halogens is 2. The molecule has 2 amide bonds.